The van der Waals surface area contributed by atoms with E-state index in [1.807, 2.05) is 6.92 Å². The molecule has 0 aromatic carbocycles. The molecule has 0 aliphatic carbocycles. The van der Waals surface area contributed by atoms with Crippen LogP contribution in [0.5, 0.6) is 0 Å². The van der Waals surface area contributed by atoms with Crippen LogP contribution >= 0.6 is 0 Å². The minimum atomic E-state index is -0.106. The van der Waals surface area contributed by atoms with E-state index in [1.165, 1.54) is 7.11 Å². The highest BCUT2D eigenvalue weighted by Crippen LogP contribution is 2.14. The summed E-state index contributed by atoms with van der Waals surface area (Å²) in [5.41, 5.74) is 5.43. The lowest BCUT2D eigenvalue weighted by atomic mass is 9.96. The van der Waals surface area contributed by atoms with Crippen molar-refractivity contribution in [2.45, 2.75) is 39.2 Å². The SMILES string of the molecule is CCC(CC(CC)C(=O)OC)NCCN. The van der Waals surface area contributed by atoms with Crippen LogP contribution in [0.25, 0.3) is 0 Å². The Kier molecular flexibility index (Phi) is 8.33. The lowest BCUT2D eigenvalue weighted by molar-refractivity contribution is -0.146. The summed E-state index contributed by atoms with van der Waals surface area (Å²) >= 11 is 0. The Morgan fingerprint density at radius 3 is 2.47 bits per heavy atom. The van der Waals surface area contributed by atoms with Gasteiger partial charge in [0, 0.05) is 19.1 Å². The Labute approximate surface area is 92.6 Å². The molecule has 0 aliphatic heterocycles. The van der Waals surface area contributed by atoms with Gasteiger partial charge in [-0.2, -0.15) is 0 Å². The predicted molar refractivity (Wildman–Crippen MR) is 61.6 cm³/mol. The van der Waals surface area contributed by atoms with Crippen molar-refractivity contribution < 1.29 is 9.53 Å². The lowest BCUT2D eigenvalue weighted by Crippen LogP contribution is -2.35. The van der Waals surface area contributed by atoms with Crippen LogP contribution in [0, 0.1) is 5.92 Å². The summed E-state index contributed by atoms with van der Waals surface area (Å²) < 4.78 is 4.76. The van der Waals surface area contributed by atoms with Gasteiger partial charge in [0.2, 0.25) is 0 Å². The van der Waals surface area contributed by atoms with Crippen LogP contribution in [-0.4, -0.2) is 32.2 Å². The Hall–Kier alpha value is -0.610. The maximum Gasteiger partial charge on any atom is 0.308 e. The third-order valence-corrected chi connectivity index (χ3v) is 2.67. The topological polar surface area (TPSA) is 64.3 Å². The quantitative estimate of drug-likeness (QED) is 0.592. The summed E-state index contributed by atoms with van der Waals surface area (Å²) in [7, 11) is 1.44. The number of ether oxygens (including phenoxy) is 1. The Morgan fingerprint density at radius 2 is 2.07 bits per heavy atom. The van der Waals surface area contributed by atoms with Crippen LogP contribution in [-0.2, 0) is 9.53 Å². The van der Waals surface area contributed by atoms with Gasteiger partial charge in [0.05, 0.1) is 13.0 Å². The van der Waals surface area contributed by atoms with Crippen LogP contribution in [0.3, 0.4) is 0 Å². The molecular weight excluding hydrogens is 192 g/mol. The van der Waals surface area contributed by atoms with Gasteiger partial charge in [0.15, 0.2) is 0 Å². The summed E-state index contributed by atoms with van der Waals surface area (Å²) in [5, 5.41) is 3.33. The summed E-state index contributed by atoms with van der Waals surface area (Å²) in [6.45, 7) is 5.55. The largest absolute Gasteiger partial charge is 0.469 e. The van der Waals surface area contributed by atoms with Crippen LogP contribution in [0.4, 0.5) is 0 Å². The molecule has 2 atom stereocenters. The molecule has 0 rings (SSSR count). The van der Waals surface area contributed by atoms with E-state index in [9.17, 15) is 4.79 Å². The monoisotopic (exact) mass is 216 g/mol. The van der Waals surface area contributed by atoms with E-state index in [4.69, 9.17) is 10.5 Å². The first-order chi connectivity index (χ1) is 7.19. The smallest absolute Gasteiger partial charge is 0.308 e. The van der Waals surface area contributed by atoms with Crippen molar-refractivity contribution in [2.24, 2.45) is 11.7 Å². The maximum atomic E-state index is 11.4. The van der Waals surface area contributed by atoms with Gasteiger partial charge in [-0.3, -0.25) is 4.79 Å². The third kappa shape index (κ3) is 5.74. The number of carbonyl (C=O) groups is 1. The first-order valence-electron chi connectivity index (χ1n) is 5.70. The van der Waals surface area contributed by atoms with E-state index in [1.54, 1.807) is 0 Å². The zero-order valence-corrected chi connectivity index (χ0v) is 10.1. The summed E-state index contributed by atoms with van der Waals surface area (Å²) in [6.07, 6.45) is 2.67. The minimum Gasteiger partial charge on any atom is -0.469 e. The van der Waals surface area contributed by atoms with Gasteiger partial charge in [-0.1, -0.05) is 13.8 Å². The van der Waals surface area contributed by atoms with Crippen LogP contribution in [0.15, 0.2) is 0 Å². The van der Waals surface area contributed by atoms with Crippen molar-refractivity contribution in [1.82, 2.24) is 5.32 Å². The first kappa shape index (κ1) is 14.4. The molecule has 2 unspecified atom stereocenters. The van der Waals surface area contributed by atoms with Crippen molar-refractivity contribution in [1.29, 1.82) is 0 Å². The van der Waals surface area contributed by atoms with Gasteiger partial charge in [-0.25, -0.2) is 0 Å². The van der Waals surface area contributed by atoms with E-state index in [0.29, 0.717) is 12.6 Å². The van der Waals surface area contributed by atoms with Gasteiger partial charge in [0.1, 0.15) is 0 Å². The second kappa shape index (κ2) is 8.68. The number of rotatable bonds is 8. The molecule has 0 amide bonds. The number of hydrogen-bond donors (Lipinski definition) is 2. The number of nitrogens with two attached hydrogens (primary N) is 1. The zero-order valence-electron chi connectivity index (χ0n) is 10.1. The second-order valence-electron chi connectivity index (χ2n) is 3.71. The van der Waals surface area contributed by atoms with Gasteiger partial charge in [-0.15, -0.1) is 0 Å². The molecule has 15 heavy (non-hydrogen) atoms. The summed E-state index contributed by atoms with van der Waals surface area (Å²) in [5.74, 6) is -0.101. The van der Waals surface area contributed by atoms with Crippen molar-refractivity contribution in [3.8, 4) is 0 Å². The Morgan fingerprint density at radius 1 is 1.40 bits per heavy atom. The van der Waals surface area contributed by atoms with E-state index in [-0.39, 0.29) is 11.9 Å². The molecule has 0 fully saturated rings. The molecule has 0 saturated carbocycles. The van der Waals surface area contributed by atoms with Crippen molar-refractivity contribution >= 4 is 5.97 Å². The predicted octanol–water partition coefficient (Wildman–Crippen LogP) is 0.903. The standard InChI is InChI=1S/C11H24N2O2/c1-4-9(11(14)15-3)8-10(5-2)13-7-6-12/h9-10,13H,4-8,12H2,1-3H3. The average Bonchev–Trinajstić information content (AvgIpc) is 2.28. The molecule has 0 aromatic rings. The maximum absolute atomic E-state index is 11.4. The van der Waals surface area contributed by atoms with Gasteiger partial charge < -0.3 is 15.8 Å². The van der Waals surface area contributed by atoms with Gasteiger partial charge in [0.25, 0.3) is 0 Å². The molecule has 3 N–H and O–H groups in total. The van der Waals surface area contributed by atoms with E-state index in [2.05, 4.69) is 12.2 Å². The van der Waals surface area contributed by atoms with E-state index < -0.39 is 0 Å². The van der Waals surface area contributed by atoms with E-state index >= 15 is 0 Å². The lowest BCUT2D eigenvalue weighted by Gasteiger charge is -2.21. The fourth-order valence-electron chi connectivity index (χ4n) is 1.62. The zero-order chi connectivity index (χ0) is 11.7. The highest BCUT2D eigenvalue weighted by molar-refractivity contribution is 5.72. The second-order valence-corrected chi connectivity index (χ2v) is 3.71. The Bertz CT molecular complexity index is 174. The molecule has 4 nitrogen and oxygen atoms in total. The minimum absolute atomic E-state index is 0.00484. The Balaban J connectivity index is 4.05. The normalized spacial score (nSPS) is 14.7. The van der Waals surface area contributed by atoms with Crippen LogP contribution in [0.1, 0.15) is 33.1 Å². The number of carbonyl (C=O) groups excluding carboxylic acids is 1. The summed E-state index contributed by atoms with van der Waals surface area (Å²) in [4.78, 5) is 11.4. The fourth-order valence-corrected chi connectivity index (χ4v) is 1.62. The molecule has 0 spiro atoms. The fraction of sp³-hybridized carbons (Fsp3) is 0.909. The van der Waals surface area contributed by atoms with Crippen molar-refractivity contribution in [3.63, 3.8) is 0 Å². The summed E-state index contributed by atoms with van der Waals surface area (Å²) in [6, 6.07) is 0.359. The number of nitrogens with one attached hydrogen (secondary N) is 1. The number of methoxy groups -OCH3 is 1. The highest BCUT2D eigenvalue weighted by Gasteiger charge is 2.20. The number of esters is 1. The van der Waals surface area contributed by atoms with Crippen molar-refractivity contribution in [3.05, 3.63) is 0 Å². The van der Waals surface area contributed by atoms with Crippen molar-refractivity contribution in [2.75, 3.05) is 20.2 Å². The molecule has 0 heterocycles. The van der Waals surface area contributed by atoms with Crippen LogP contribution < -0.4 is 11.1 Å². The molecule has 0 bridgehead atoms. The molecule has 0 aromatic heterocycles. The molecule has 0 aliphatic rings. The molecule has 90 valence electrons. The first-order valence-corrected chi connectivity index (χ1v) is 5.70. The molecule has 4 heteroatoms. The molecule has 0 saturated heterocycles. The third-order valence-electron chi connectivity index (χ3n) is 2.67. The van der Waals surface area contributed by atoms with E-state index in [0.717, 1.165) is 25.8 Å². The molecule has 0 radical (unpaired) electrons. The molecular formula is C11H24N2O2. The van der Waals surface area contributed by atoms with Gasteiger partial charge in [-0.05, 0) is 19.3 Å². The van der Waals surface area contributed by atoms with Crippen LogP contribution in [0.2, 0.25) is 0 Å². The number of hydrogen-bond acceptors (Lipinski definition) is 4. The highest BCUT2D eigenvalue weighted by atomic mass is 16.5. The van der Waals surface area contributed by atoms with Gasteiger partial charge >= 0.3 is 5.97 Å². The average molecular weight is 216 g/mol.